The van der Waals surface area contributed by atoms with Gasteiger partial charge >= 0.3 is 0 Å². The molecular formula is C19H19N3O4S2. The number of likely N-dealkylation sites (N-methyl/N-ethyl adjacent to an activating group) is 1. The summed E-state index contributed by atoms with van der Waals surface area (Å²) in [6.07, 6.45) is 0.849. The van der Waals surface area contributed by atoms with Gasteiger partial charge in [0.25, 0.3) is 11.8 Å². The summed E-state index contributed by atoms with van der Waals surface area (Å²) in [7, 11) is 4.52. The maximum atomic E-state index is 13.6. The molecule has 0 aliphatic carbocycles. The normalized spacial score (nSPS) is 38.0. The maximum Gasteiger partial charge on any atom is 0.261 e. The molecule has 2 bridgehead atoms. The molecule has 146 valence electrons. The monoisotopic (exact) mass is 417 g/mol. The van der Waals surface area contributed by atoms with Gasteiger partial charge in [0.15, 0.2) is 21.2 Å². The number of ether oxygens (including phenoxy) is 2. The number of nitrogens with zero attached hydrogens (tertiary/aromatic N) is 3. The van der Waals surface area contributed by atoms with Crippen molar-refractivity contribution in [3.8, 4) is 17.6 Å². The van der Waals surface area contributed by atoms with Gasteiger partial charge in [-0.2, -0.15) is 5.26 Å². The van der Waals surface area contributed by atoms with E-state index >= 15 is 0 Å². The van der Waals surface area contributed by atoms with Gasteiger partial charge in [-0.15, -0.1) is 0 Å². The third-order valence-corrected chi connectivity index (χ3v) is 10.2. The third-order valence-electron chi connectivity index (χ3n) is 6.53. The molecule has 5 aliphatic rings. The second kappa shape index (κ2) is 5.51. The summed E-state index contributed by atoms with van der Waals surface area (Å²) in [5.74, 6) is 1.03. The summed E-state index contributed by atoms with van der Waals surface area (Å²) in [6, 6.07) is 7.50. The SMILES string of the molecule is CC[C@]1(C#N)C[C@@]23SS[C@@](C)(C(=O)N2C1c1ccc2c(c1)OCO2)N(C)C3=O. The van der Waals surface area contributed by atoms with Crippen LogP contribution in [0.15, 0.2) is 18.2 Å². The van der Waals surface area contributed by atoms with Crippen LogP contribution in [0.2, 0.25) is 0 Å². The van der Waals surface area contributed by atoms with Gasteiger partial charge in [0.05, 0.1) is 17.5 Å². The Morgan fingerprint density at radius 2 is 2.00 bits per heavy atom. The van der Waals surface area contributed by atoms with Crippen molar-refractivity contribution in [2.24, 2.45) is 5.41 Å². The predicted molar refractivity (Wildman–Crippen MR) is 104 cm³/mol. The second-order valence-electron chi connectivity index (χ2n) is 7.79. The van der Waals surface area contributed by atoms with E-state index in [0.29, 0.717) is 24.3 Å². The van der Waals surface area contributed by atoms with E-state index in [2.05, 4.69) is 6.07 Å². The molecule has 1 aromatic rings. The van der Waals surface area contributed by atoms with E-state index in [4.69, 9.17) is 9.47 Å². The number of carbonyl (C=O) groups is 2. The molecule has 4 atom stereocenters. The number of amides is 2. The fraction of sp³-hybridized carbons (Fsp3) is 0.526. The molecule has 5 heterocycles. The first kappa shape index (κ1) is 18.0. The lowest BCUT2D eigenvalue weighted by Crippen LogP contribution is -2.73. The summed E-state index contributed by atoms with van der Waals surface area (Å²) in [6.45, 7) is 3.88. The zero-order valence-corrected chi connectivity index (χ0v) is 17.4. The van der Waals surface area contributed by atoms with Crippen molar-refractivity contribution in [3.63, 3.8) is 0 Å². The van der Waals surface area contributed by atoms with Gasteiger partial charge in [0, 0.05) is 13.5 Å². The van der Waals surface area contributed by atoms with Crippen LogP contribution in [0.1, 0.15) is 38.3 Å². The minimum Gasteiger partial charge on any atom is -0.454 e. The molecule has 0 aromatic heterocycles. The van der Waals surface area contributed by atoms with Crippen molar-refractivity contribution in [2.45, 2.75) is 42.5 Å². The minimum absolute atomic E-state index is 0.102. The fourth-order valence-electron chi connectivity index (χ4n) is 4.74. The molecule has 9 heteroatoms. The standard InChI is InChI=1S/C19H19N3O4S2/c1-4-18(9-20)8-19-16(24)21(3)17(2,27-28-19)15(23)22(19)14(18)11-5-6-12-13(7-11)26-10-25-12/h5-7,14H,4,8,10H2,1-3H3/t14?,17-,18+,19-/m0/s1. The van der Waals surface area contributed by atoms with Crippen LogP contribution in [0, 0.1) is 16.7 Å². The van der Waals surface area contributed by atoms with Crippen LogP contribution < -0.4 is 9.47 Å². The molecule has 4 fully saturated rings. The average Bonchev–Trinajstić information content (AvgIpc) is 3.29. The lowest BCUT2D eigenvalue weighted by molar-refractivity contribution is -0.164. The number of nitriles is 1. The first-order valence-corrected chi connectivity index (χ1v) is 11.3. The first-order valence-electron chi connectivity index (χ1n) is 9.13. The van der Waals surface area contributed by atoms with Gasteiger partial charge in [0.2, 0.25) is 6.79 Å². The molecule has 1 unspecified atom stereocenters. The Morgan fingerprint density at radius 3 is 2.71 bits per heavy atom. The Bertz CT molecular complexity index is 965. The molecule has 28 heavy (non-hydrogen) atoms. The van der Waals surface area contributed by atoms with E-state index in [0.717, 1.165) is 5.56 Å². The summed E-state index contributed by atoms with van der Waals surface area (Å²) >= 11 is 0. The van der Waals surface area contributed by atoms with E-state index in [9.17, 15) is 14.9 Å². The number of piperazine rings is 1. The summed E-state index contributed by atoms with van der Waals surface area (Å²) in [5, 5.41) is 10.2. The third kappa shape index (κ3) is 1.88. The quantitative estimate of drug-likeness (QED) is 0.684. The Kier molecular flexibility index (Phi) is 3.55. The average molecular weight is 418 g/mol. The number of benzene rings is 1. The van der Waals surface area contributed by atoms with Gasteiger partial charge in [0.1, 0.15) is 0 Å². The molecule has 5 aliphatic heterocycles. The summed E-state index contributed by atoms with van der Waals surface area (Å²) < 4.78 is 10.9. The Labute approximate surface area is 170 Å². The Balaban J connectivity index is 1.72. The number of rotatable bonds is 2. The highest BCUT2D eigenvalue weighted by Gasteiger charge is 2.75. The second-order valence-corrected chi connectivity index (χ2v) is 10.6. The molecule has 0 saturated carbocycles. The maximum absolute atomic E-state index is 13.6. The highest BCUT2D eigenvalue weighted by Crippen LogP contribution is 2.70. The lowest BCUT2D eigenvalue weighted by Gasteiger charge is -2.57. The Hall–Kier alpha value is -2.05. The highest BCUT2D eigenvalue weighted by atomic mass is 33.1. The van der Waals surface area contributed by atoms with E-state index in [1.54, 1.807) is 23.8 Å². The van der Waals surface area contributed by atoms with Crippen molar-refractivity contribution >= 4 is 33.4 Å². The molecule has 4 saturated heterocycles. The summed E-state index contributed by atoms with van der Waals surface area (Å²) in [4.78, 5) is 28.2. The molecule has 2 amide bonds. The molecule has 1 spiro atoms. The van der Waals surface area contributed by atoms with Crippen molar-refractivity contribution < 1.29 is 19.1 Å². The number of fused-ring (bicyclic) bond motifs is 3. The van der Waals surface area contributed by atoms with Crippen LogP contribution >= 0.6 is 21.6 Å². The van der Waals surface area contributed by atoms with Crippen LogP contribution in [0.4, 0.5) is 0 Å². The van der Waals surface area contributed by atoms with Crippen LogP contribution in [0.5, 0.6) is 11.5 Å². The molecular weight excluding hydrogens is 398 g/mol. The molecule has 0 radical (unpaired) electrons. The summed E-state index contributed by atoms with van der Waals surface area (Å²) in [5.41, 5.74) is -0.0571. The van der Waals surface area contributed by atoms with E-state index < -0.39 is 21.2 Å². The lowest BCUT2D eigenvalue weighted by atomic mass is 9.75. The van der Waals surface area contributed by atoms with Crippen LogP contribution in [0.3, 0.4) is 0 Å². The predicted octanol–water partition coefficient (Wildman–Crippen LogP) is 2.89. The van der Waals surface area contributed by atoms with Crippen molar-refractivity contribution in [1.29, 1.82) is 5.26 Å². The van der Waals surface area contributed by atoms with Crippen LogP contribution in [-0.2, 0) is 9.59 Å². The van der Waals surface area contributed by atoms with Gasteiger partial charge in [-0.3, -0.25) is 9.59 Å². The van der Waals surface area contributed by atoms with E-state index in [1.807, 2.05) is 25.1 Å². The minimum atomic E-state index is -1.05. The van der Waals surface area contributed by atoms with Crippen molar-refractivity contribution in [3.05, 3.63) is 23.8 Å². The zero-order chi connectivity index (χ0) is 19.9. The Morgan fingerprint density at radius 1 is 1.25 bits per heavy atom. The first-order chi connectivity index (χ1) is 13.3. The van der Waals surface area contributed by atoms with Crippen LogP contribution in [0.25, 0.3) is 0 Å². The largest absolute Gasteiger partial charge is 0.454 e. The number of hydrogen-bond donors (Lipinski definition) is 0. The topological polar surface area (TPSA) is 82.9 Å². The number of carbonyl (C=O) groups excluding carboxylic acids is 2. The fourth-order valence-corrected chi connectivity index (χ4v) is 8.28. The zero-order valence-electron chi connectivity index (χ0n) is 15.7. The van der Waals surface area contributed by atoms with Gasteiger partial charge < -0.3 is 19.3 Å². The van der Waals surface area contributed by atoms with Crippen molar-refractivity contribution in [1.82, 2.24) is 9.80 Å². The molecule has 0 N–H and O–H groups in total. The molecule has 6 rings (SSSR count). The smallest absolute Gasteiger partial charge is 0.261 e. The molecule has 7 nitrogen and oxygen atoms in total. The van der Waals surface area contributed by atoms with E-state index in [-0.39, 0.29) is 18.6 Å². The van der Waals surface area contributed by atoms with E-state index in [1.165, 1.54) is 21.6 Å². The van der Waals surface area contributed by atoms with Gasteiger partial charge in [-0.1, -0.05) is 34.6 Å². The van der Waals surface area contributed by atoms with Crippen molar-refractivity contribution in [2.75, 3.05) is 13.8 Å². The number of hydrogen-bond acceptors (Lipinski definition) is 7. The van der Waals surface area contributed by atoms with Crippen LogP contribution in [-0.4, -0.2) is 45.2 Å². The van der Waals surface area contributed by atoms with Gasteiger partial charge in [-0.25, -0.2) is 0 Å². The van der Waals surface area contributed by atoms with Gasteiger partial charge in [-0.05, 0) is 31.0 Å². The highest BCUT2D eigenvalue weighted by molar-refractivity contribution is 8.78. The molecule has 1 aromatic carbocycles.